The van der Waals surface area contributed by atoms with Gasteiger partial charge in [-0.25, -0.2) is 4.68 Å². The molecule has 0 fully saturated rings. The van der Waals surface area contributed by atoms with E-state index in [9.17, 15) is 12.3 Å². The number of benzene rings is 1. The Labute approximate surface area is 79.4 Å². The number of nitrogens with zero attached hydrogens (tertiary/aromatic N) is 3. The molecule has 0 aliphatic carbocycles. The molecule has 5 nitrogen and oxygen atoms in total. The van der Waals surface area contributed by atoms with Crippen LogP contribution in [0.3, 0.4) is 0 Å². The highest BCUT2D eigenvalue weighted by Crippen LogP contribution is 2.21. The van der Waals surface area contributed by atoms with E-state index in [0.29, 0.717) is 5.52 Å². The van der Waals surface area contributed by atoms with Crippen LogP contribution in [0.15, 0.2) is 23.1 Å². The topological polar surface area (TPSA) is 64.8 Å². The molecular formula is C7H6FN3O2S. The largest absolute Gasteiger partial charge is 0.334 e. The number of rotatable bonds is 1. The number of fused-ring (bicyclic) bond motifs is 1. The van der Waals surface area contributed by atoms with Crippen molar-refractivity contribution in [3.8, 4) is 0 Å². The molecule has 14 heavy (non-hydrogen) atoms. The predicted octanol–water partition coefficient (Wildman–Crippen LogP) is 0.626. The molecule has 0 spiro atoms. The molecule has 1 aromatic carbocycles. The van der Waals surface area contributed by atoms with Crippen LogP contribution >= 0.6 is 0 Å². The number of hydrogen-bond acceptors (Lipinski definition) is 4. The number of halogens is 1. The summed E-state index contributed by atoms with van der Waals surface area (Å²) in [6.45, 7) is 0. The Kier molecular flexibility index (Phi) is 1.78. The van der Waals surface area contributed by atoms with Crippen LogP contribution in [0, 0.1) is 0 Å². The first kappa shape index (κ1) is 9.07. The van der Waals surface area contributed by atoms with Crippen molar-refractivity contribution in [2.24, 2.45) is 7.05 Å². The minimum absolute atomic E-state index is 0.176. The molecular weight excluding hydrogens is 209 g/mol. The van der Waals surface area contributed by atoms with E-state index in [1.807, 2.05) is 0 Å². The lowest BCUT2D eigenvalue weighted by molar-refractivity contribution is 0.552. The van der Waals surface area contributed by atoms with Gasteiger partial charge in [0.05, 0.1) is 0 Å². The molecule has 0 unspecified atom stereocenters. The first-order chi connectivity index (χ1) is 6.50. The number of aromatic nitrogens is 3. The Hall–Kier alpha value is -1.50. The molecule has 2 rings (SSSR count). The van der Waals surface area contributed by atoms with Crippen LogP contribution in [-0.2, 0) is 17.3 Å². The summed E-state index contributed by atoms with van der Waals surface area (Å²) in [5, 5.41) is 7.28. The fourth-order valence-electron chi connectivity index (χ4n) is 1.27. The molecule has 0 N–H and O–H groups in total. The van der Waals surface area contributed by atoms with Gasteiger partial charge < -0.3 is 0 Å². The molecule has 1 aromatic heterocycles. The number of hydrogen-bond donors (Lipinski definition) is 0. The first-order valence-corrected chi connectivity index (χ1v) is 5.11. The quantitative estimate of drug-likeness (QED) is 0.654. The van der Waals surface area contributed by atoms with Gasteiger partial charge in [-0.05, 0) is 12.1 Å². The molecule has 0 aliphatic heterocycles. The highest BCUT2D eigenvalue weighted by Gasteiger charge is 2.18. The molecule has 0 bridgehead atoms. The van der Waals surface area contributed by atoms with Crippen molar-refractivity contribution in [2.45, 2.75) is 4.90 Å². The summed E-state index contributed by atoms with van der Waals surface area (Å²) >= 11 is 0. The average molecular weight is 215 g/mol. The minimum atomic E-state index is -4.72. The van der Waals surface area contributed by atoms with E-state index in [2.05, 4.69) is 10.3 Å². The van der Waals surface area contributed by atoms with Crippen molar-refractivity contribution in [3.63, 3.8) is 0 Å². The van der Waals surface area contributed by atoms with Crippen LogP contribution in [-0.4, -0.2) is 23.4 Å². The van der Waals surface area contributed by atoms with Gasteiger partial charge in [0, 0.05) is 7.05 Å². The number of para-hydroxylation sites is 1. The number of aryl methyl sites for hydroxylation is 1. The van der Waals surface area contributed by atoms with Gasteiger partial charge in [0.15, 0.2) is 0 Å². The molecule has 74 valence electrons. The zero-order chi connectivity index (χ0) is 10.3. The summed E-state index contributed by atoms with van der Waals surface area (Å²) in [6.07, 6.45) is 0. The summed E-state index contributed by atoms with van der Waals surface area (Å²) in [4.78, 5) is -0.400. The smallest absolute Gasteiger partial charge is 0.246 e. The molecule has 0 saturated carbocycles. The summed E-state index contributed by atoms with van der Waals surface area (Å²) in [6, 6.07) is 4.17. The second-order valence-corrected chi connectivity index (χ2v) is 4.09. The molecule has 1 heterocycles. The maximum atomic E-state index is 12.8. The molecule has 0 saturated heterocycles. The van der Waals surface area contributed by atoms with Gasteiger partial charge in [0.1, 0.15) is 15.9 Å². The summed E-state index contributed by atoms with van der Waals surface area (Å²) in [5.41, 5.74) is 0.529. The Balaban J connectivity index is 2.96. The lowest BCUT2D eigenvalue weighted by atomic mass is 10.3. The van der Waals surface area contributed by atoms with Crippen molar-refractivity contribution < 1.29 is 12.3 Å². The van der Waals surface area contributed by atoms with Crippen LogP contribution in [0.5, 0.6) is 0 Å². The van der Waals surface area contributed by atoms with E-state index in [0.717, 1.165) is 0 Å². The van der Waals surface area contributed by atoms with Gasteiger partial charge in [0.2, 0.25) is 0 Å². The highest BCUT2D eigenvalue weighted by molar-refractivity contribution is 7.86. The Morgan fingerprint density at radius 1 is 1.43 bits per heavy atom. The van der Waals surface area contributed by atoms with Gasteiger partial charge in [-0.3, -0.25) is 0 Å². The van der Waals surface area contributed by atoms with Crippen molar-refractivity contribution in [1.82, 2.24) is 15.0 Å². The van der Waals surface area contributed by atoms with Gasteiger partial charge >= 0.3 is 10.2 Å². The highest BCUT2D eigenvalue weighted by atomic mass is 32.3. The van der Waals surface area contributed by atoms with Crippen molar-refractivity contribution in [2.75, 3.05) is 0 Å². The van der Waals surface area contributed by atoms with Gasteiger partial charge in [-0.1, -0.05) is 11.3 Å². The fourth-order valence-corrected chi connectivity index (χ4v) is 1.98. The second-order valence-electron chi connectivity index (χ2n) is 2.77. The van der Waals surface area contributed by atoms with Crippen LogP contribution in [0.1, 0.15) is 0 Å². The van der Waals surface area contributed by atoms with Crippen LogP contribution in [0.2, 0.25) is 0 Å². The zero-order valence-corrected chi connectivity index (χ0v) is 7.99. The van der Waals surface area contributed by atoms with Crippen molar-refractivity contribution >= 4 is 21.3 Å². The normalized spacial score (nSPS) is 12.1. The Morgan fingerprint density at radius 3 is 2.79 bits per heavy atom. The van der Waals surface area contributed by atoms with Gasteiger partial charge in [-0.2, -0.15) is 8.42 Å². The maximum absolute atomic E-state index is 12.8. The molecule has 0 amide bonds. The SMILES string of the molecule is Cn1nnc2cccc(S(=O)(=O)F)c21. The van der Waals surface area contributed by atoms with Gasteiger partial charge in [0.25, 0.3) is 0 Å². The summed E-state index contributed by atoms with van der Waals surface area (Å²) in [5.74, 6) is 0. The molecule has 7 heteroatoms. The average Bonchev–Trinajstić information content (AvgIpc) is 2.46. The van der Waals surface area contributed by atoms with Crippen molar-refractivity contribution in [3.05, 3.63) is 18.2 Å². The fraction of sp³-hybridized carbons (Fsp3) is 0.143. The molecule has 2 aromatic rings. The van der Waals surface area contributed by atoms with Crippen LogP contribution in [0.4, 0.5) is 3.89 Å². The third kappa shape index (κ3) is 1.25. The van der Waals surface area contributed by atoms with E-state index >= 15 is 0 Å². The minimum Gasteiger partial charge on any atom is -0.246 e. The molecule has 0 aliphatic rings. The summed E-state index contributed by atoms with van der Waals surface area (Å²) < 4.78 is 35.6. The van der Waals surface area contributed by atoms with Crippen molar-refractivity contribution in [1.29, 1.82) is 0 Å². The van der Waals surface area contributed by atoms with E-state index in [4.69, 9.17) is 0 Å². The monoisotopic (exact) mass is 215 g/mol. The van der Waals surface area contributed by atoms with E-state index in [1.165, 1.54) is 23.9 Å². The zero-order valence-electron chi connectivity index (χ0n) is 7.18. The second kappa shape index (κ2) is 2.74. The third-order valence-corrected chi connectivity index (χ3v) is 2.71. The molecule has 0 atom stereocenters. The lowest BCUT2D eigenvalue weighted by Gasteiger charge is -1.97. The maximum Gasteiger partial charge on any atom is 0.334 e. The van der Waals surface area contributed by atoms with Crippen LogP contribution < -0.4 is 0 Å². The van der Waals surface area contributed by atoms with E-state index < -0.39 is 15.1 Å². The summed E-state index contributed by atoms with van der Waals surface area (Å²) in [7, 11) is -3.22. The predicted molar refractivity (Wildman–Crippen MR) is 46.8 cm³/mol. The van der Waals surface area contributed by atoms with E-state index in [-0.39, 0.29) is 5.52 Å². The first-order valence-electron chi connectivity index (χ1n) is 3.73. The Bertz CT molecular complexity index is 590. The Morgan fingerprint density at radius 2 is 2.14 bits per heavy atom. The van der Waals surface area contributed by atoms with Crippen LogP contribution in [0.25, 0.3) is 11.0 Å². The standard InChI is InChI=1S/C7H6FN3O2S/c1-11-7-5(9-10-11)3-2-4-6(7)14(8,12)13/h2-4H,1H3. The van der Waals surface area contributed by atoms with E-state index in [1.54, 1.807) is 6.07 Å². The lowest BCUT2D eigenvalue weighted by Crippen LogP contribution is -1.98. The molecule has 0 radical (unpaired) electrons. The third-order valence-electron chi connectivity index (χ3n) is 1.85. The van der Waals surface area contributed by atoms with Gasteiger partial charge in [-0.15, -0.1) is 8.98 Å².